The Morgan fingerprint density at radius 2 is 1.55 bits per heavy atom. The lowest BCUT2D eigenvalue weighted by Crippen LogP contribution is -2.17. The molecule has 222 valence electrons. The summed E-state index contributed by atoms with van der Waals surface area (Å²) >= 11 is 13.4. The molecule has 0 unspecified atom stereocenters. The minimum atomic E-state index is -3.26. The first kappa shape index (κ1) is 36.0. The fraction of sp³-hybridized carbons (Fsp3) is 0.448. The average molecular weight is 633 g/mol. The molecule has 2 aromatic carbocycles. The van der Waals surface area contributed by atoms with E-state index in [4.69, 9.17) is 32.7 Å². The van der Waals surface area contributed by atoms with Crippen LogP contribution in [0, 0.1) is 10.8 Å². The Bertz CT molecular complexity index is 1280. The molecule has 1 heterocycles. The Morgan fingerprint density at radius 3 is 1.98 bits per heavy atom. The van der Waals surface area contributed by atoms with E-state index >= 15 is 0 Å². The third-order valence-electron chi connectivity index (χ3n) is 4.35. The molecule has 1 aromatic heterocycles. The summed E-state index contributed by atoms with van der Waals surface area (Å²) in [7, 11) is -3.26. The van der Waals surface area contributed by atoms with Crippen molar-refractivity contribution in [1.29, 1.82) is 0 Å². The number of carbonyl (C=O) groups is 1. The van der Waals surface area contributed by atoms with Gasteiger partial charge >= 0.3 is 0 Å². The minimum absolute atomic E-state index is 0.0942. The first-order valence-corrected chi connectivity index (χ1v) is 15.9. The summed E-state index contributed by atoms with van der Waals surface area (Å²) in [6, 6.07) is 11.6. The lowest BCUT2D eigenvalue weighted by Gasteiger charge is -2.16. The number of rotatable bonds is 8. The van der Waals surface area contributed by atoms with Gasteiger partial charge in [-0.1, -0.05) is 76.1 Å². The Morgan fingerprint density at radius 1 is 0.950 bits per heavy atom. The Kier molecular flexibility index (Phi) is 14.8. The van der Waals surface area contributed by atoms with Gasteiger partial charge in [-0.05, 0) is 60.2 Å². The lowest BCUT2D eigenvalue weighted by atomic mass is 9.99. The molecule has 0 saturated carbocycles. The van der Waals surface area contributed by atoms with Gasteiger partial charge in [-0.25, -0.2) is 4.98 Å². The number of benzene rings is 2. The zero-order chi connectivity index (χ0) is 30.6. The van der Waals surface area contributed by atoms with E-state index in [-0.39, 0.29) is 17.8 Å². The molecule has 0 spiro atoms. The van der Waals surface area contributed by atoms with Crippen molar-refractivity contribution in [2.75, 3.05) is 26.1 Å². The van der Waals surface area contributed by atoms with E-state index < -0.39 is 10.1 Å². The fourth-order valence-electron chi connectivity index (χ4n) is 2.55. The van der Waals surface area contributed by atoms with Crippen molar-refractivity contribution in [3.63, 3.8) is 0 Å². The van der Waals surface area contributed by atoms with Crippen LogP contribution in [-0.2, 0) is 19.0 Å². The number of thiazole rings is 1. The summed E-state index contributed by atoms with van der Waals surface area (Å²) in [5.41, 5.74) is 1.12. The number of aromatic nitrogens is 1. The summed E-state index contributed by atoms with van der Waals surface area (Å²) in [6.07, 6.45) is 2.72. The molecule has 0 aliphatic rings. The van der Waals surface area contributed by atoms with Gasteiger partial charge in [0, 0.05) is 34.3 Å². The standard InChI is InChI=1S/C16H9Cl2NO2S.C7H16O.C6H14O3S/c17-11-3-6-14(18)13(9-11)15(20)10-1-4-12(5-2-10)21-16-19-7-8-22-16;1-5-8-6-7(2,3)4;1-6(2,3)5-9-10(4,7)8/h1-9H;5-6H2,1-4H3;5H2,1-4H3. The van der Waals surface area contributed by atoms with E-state index in [2.05, 4.69) is 29.9 Å². The molecular formula is C29H39Cl2NO6S2. The van der Waals surface area contributed by atoms with Crippen LogP contribution in [-0.4, -0.2) is 45.3 Å². The van der Waals surface area contributed by atoms with E-state index in [1.807, 2.05) is 33.1 Å². The Labute approximate surface area is 252 Å². The summed E-state index contributed by atoms with van der Waals surface area (Å²) in [5.74, 6) is 0.428. The number of nitrogens with zero attached hydrogens (tertiary/aromatic N) is 1. The topological polar surface area (TPSA) is 91.8 Å². The average Bonchev–Trinajstić information content (AvgIpc) is 3.36. The van der Waals surface area contributed by atoms with E-state index in [9.17, 15) is 13.2 Å². The van der Waals surface area contributed by atoms with Crippen molar-refractivity contribution in [2.45, 2.75) is 48.5 Å². The molecule has 3 rings (SSSR count). The van der Waals surface area contributed by atoms with Gasteiger partial charge in [-0.15, -0.1) is 0 Å². The third kappa shape index (κ3) is 16.3. The van der Waals surface area contributed by atoms with Gasteiger partial charge in [-0.3, -0.25) is 8.98 Å². The second-order valence-electron chi connectivity index (χ2n) is 11.1. The van der Waals surface area contributed by atoms with E-state index in [1.54, 1.807) is 48.7 Å². The maximum absolute atomic E-state index is 12.5. The number of hydrogen-bond acceptors (Lipinski definition) is 8. The van der Waals surface area contributed by atoms with Crippen molar-refractivity contribution in [1.82, 2.24) is 4.98 Å². The van der Waals surface area contributed by atoms with Crippen LogP contribution in [0.1, 0.15) is 64.4 Å². The van der Waals surface area contributed by atoms with Gasteiger partial charge in [0.2, 0.25) is 0 Å². The molecule has 40 heavy (non-hydrogen) atoms. The molecule has 7 nitrogen and oxygen atoms in total. The molecule has 0 N–H and O–H groups in total. The molecule has 11 heteroatoms. The second kappa shape index (κ2) is 16.4. The van der Waals surface area contributed by atoms with Gasteiger partial charge in [0.25, 0.3) is 15.3 Å². The highest BCUT2D eigenvalue weighted by Crippen LogP contribution is 2.26. The van der Waals surface area contributed by atoms with Crippen molar-refractivity contribution in [3.05, 3.63) is 75.2 Å². The van der Waals surface area contributed by atoms with Gasteiger partial charge in [0.15, 0.2) is 5.78 Å². The van der Waals surface area contributed by atoms with Crippen LogP contribution in [0.5, 0.6) is 10.9 Å². The zero-order valence-corrected chi connectivity index (χ0v) is 27.4. The van der Waals surface area contributed by atoms with E-state index in [0.29, 0.717) is 37.5 Å². The zero-order valence-electron chi connectivity index (χ0n) is 24.3. The molecule has 0 amide bonds. The number of halogens is 2. The lowest BCUT2D eigenvalue weighted by molar-refractivity contribution is 0.0805. The van der Waals surface area contributed by atoms with Crippen molar-refractivity contribution >= 4 is 50.4 Å². The first-order valence-electron chi connectivity index (χ1n) is 12.5. The molecule has 0 atom stereocenters. The summed E-state index contributed by atoms with van der Waals surface area (Å²) in [6.45, 7) is 16.2. The Hall–Kier alpha value is -2.01. The molecule has 0 aliphatic carbocycles. The van der Waals surface area contributed by atoms with E-state index in [0.717, 1.165) is 19.5 Å². The predicted octanol–water partition coefficient (Wildman–Crippen LogP) is 8.55. The highest BCUT2D eigenvalue weighted by molar-refractivity contribution is 7.85. The number of ether oxygens (including phenoxy) is 2. The smallest absolute Gasteiger partial charge is 0.278 e. The Balaban J connectivity index is 0.000000370. The van der Waals surface area contributed by atoms with Gasteiger partial charge < -0.3 is 9.47 Å². The van der Waals surface area contributed by atoms with Crippen LogP contribution >= 0.6 is 34.5 Å². The largest absolute Gasteiger partial charge is 0.431 e. The van der Waals surface area contributed by atoms with E-state index in [1.165, 1.54) is 11.3 Å². The molecule has 0 fully saturated rings. The number of carbonyl (C=O) groups excluding carboxylic acids is 1. The number of hydrogen-bond donors (Lipinski definition) is 0. The fourth-order valence-corrected chi connectivity index (χ4v) is 4.00. The highest BCUT2D eigenvalue weighted by atomic mass is 35.5. The minimum Gasteiger partial charge on any atom is -0.431 e. The van der Waals surface area contributed by atoms with Gasteiger partial charge in [0.05, 0.1) is 24.5 Å². The second-order valence-corrected chi connectivity index (χ2v) is 14.4. The van der Waals surface area contributed by atoms with Crippen molar-refractivity contribution in [2.24, 2.45) is 10.8 Å². The summed E-state index contributed by atoms with van der Waals surface area (Å²) in [5, 5.41) is 3.22. The molecule has 0 aliphatic heterocycles. The monoisotopic (exact) mass is 631 g/mol. The molecule has 3 aromatic rings. The van der Waals surface area contributed by atoms with Crippen LogP contribution in [0.2, 0.25) is 10.0 Å². The van der Waals surface area contributed by atoms with Crippen LogP contribution in [0.25, 0.3) is 0 Å². The molecule has 0 bridgehead atoms. The van der Waals surface area contributed by atoms with Crippen LogP contribution in [0.15, 0.2) is 54.0 Å². The van der Waals surface area contributed by atoms with Gasteiger partial charge in [-0.2, -0.15) is 8.42 Å². The van der Waals surface area contributed by atoms with Crippen molar-refractivity contribution < 1.29 is 26.9 Å². The summed E-state index contributed by atoms with van der Waals surface area (Å²) < 4.78 is 36.2. The third-order valence-corrected chi connectivity index (χ3v) is 6.11. The predicted molar refractivity (Wildman–Crippen MR) is 165 cm³/mol. The van der Waals surface area contributed by atoms with Gasteiger partial charge in [0.1, 0.15) is 5.75 Å². The summed E-state index contributed by atoms with van der Waals surface area (Å²) in [4.78, 5) is 16.5. The van der Waals surface area contributed by atoms with Crippen LogP contribution < -0.4 is 4.74 Å². The van der Waals surface area contributed by atoms with Crippen LogP contribution in [0.3, 0.4) is 0 Å². The molecule has 0 saturated heterocycles. The quantitative estimate of drug-likeness (QED) is 0.182. The first-order chi connectivity index (χ1) is 18.4. The van der Waals surface area contributed by atoms with Crippen LogP contribution in [0.4, 0.5) is 0 Å². The maximum atomic E-state index is 12.5. The SMILES string of the molecule is CC(C)(C)COS(C)(=O)=O.CCOCC(C)(C)C.O=C(c1ccc(Oc2nccs2)cc1)c1cc(Cl)ccc1Cl. The molecular weight excluding hydrogens is 593 g/mol. The molecule has 0 radical (unpaired) electrons. The normalized spacial score (nSPS) is 11.6. The number of ketones is 1. The van der Waals surface area contributed by atoms with Crippen molar-refractivity contribution in [3.8, 4) is 10.9 Å². The highest BCUT2D eigenvalue weighted by Gasteiger charge is 2.15. The maximum Gasteiger partial charge on any atom is 0.278 e.